The molecule has 0 aliphatic heterocycles. The molecule has 1 aromatic carbocycles. The average molecular weight is 647 g/mol. The number of aryl methyl sites for hydroxylation is 1. The van der Waals surface area contributed by atoms with Crippen LogP contribution in [0.5, 0.6) is 0 Å². The van der Waals surface area contributed by atoms with E-state index in [2.05, 4.69) is 17.2 Å². The summed E-state index contributed by atoms with van der Waals surface area (Å²) in [4.78, 5) is 21.9. The van der Waals surface area contributed by atoms with Gasteiger partial charge in [-0.15, -0.1) is 5.10 Å². The van der Waals surface area contributed by atoms with Crippen molar-refractivity contribution in [3.05, 3.63) is 71.9 Å². The Balaban J connectivity index is 1.42. The fraction of sp³-hybridized carbons (Fsp3) is 0.394. The molecule has 4 heterocycles. The van der Waals surface area contributed by atoms with Crippen molar-refractivity contribution in [1.82, 2.24) is 23.6 Å². The molecule has 2 atom stereocenters. The Morgan fingerprint density at radius 1 is 1.17 bits per heavy atom. The van der Waals surface area contributed by atoms with Gasteiger partial charge in [-0.2, -0.15) is 0 Å². The van der Waals surface area contributed by atoms with Crippen molar-refractivity contribution < 1.29 is 27.4 Å². The summed E-state index contributed by atoms with van der Waals surface area (Å²) in [5.74, 6) is -1.38. The number of aromatic nitrogens is 5. The summed E-state index contributed by atoms with van der Waals surface area (Å²) < 4.78 is 50.5. The number of carbonyl (C=O) groups is 1. The standard InChI is InChI=1S/C33H35FN6O5S/c1-4-33-13-11-20(12-14-33)28(27(33)32(41)42)36-30-26-10-7-22(18-45-3)40(26)38-29(37-30)25-17-39(31-24(25)15-21(34)16-35-31)46(43,44)23-8-5-19(2)6-9-23/h5-10,15-17,20,27-28H,4,11-14,18H2,1-3H3,(H,41,42)(H,36,37,38)/t20?,27-,28-,33?/m0/s1. The topological polar surface area (TPSA) is 141 Å². The molecule has 5 aromatic rings. The number of benzene rings is 1. The van der Waals surface area contributed by atoms with Crippen LogP contribution in [0.2, 0.25) is 0 Å². The van der Waals surface area contributed by atoms with E-state index in [1.165, 1.54) is 24.4 Å². The Labute approximate surface area is 265 Å². The number of methoxy groups -OCH3 is 1. The van der Waals surface area contributed by atoms with Crippen molar-refractivity contribution in [3.8, 4) is 11.4 Å². The van der Waals surface area contributed by atoms with E-state index in [9.17, 15) is 22.7 Å². The van der Waals surface area contributed by atoms with Crippen LogP contribution in [0.25, 0.3) is 27.9 Å². The van der Waals surface area contributed by atoms with Gasteiger partial charge in [0.25, 0.3) is 10.0 Å². The van der Waals surface area contributed by atoms with Gasteiger partial charge in [0.1, 0.15) is 11.3 Å². The monoisotopic (exact) mass is 646 g/mol. The minimum absolute atomic E-state index is 0.0280. The van der Waals surface area contributed by atoms with Crippen LogP contribution in [0.3, 0.4) is 0 Å². The van der Waals surface area contributed by atoms with Crippen molar-refractivity contribution in [1.29, 1.82) is 0 Å². The van der Waals surface area contributed by atoms with E-state index < -0.39 is 27.7 Å². The average Bonchev–Trinajstić information content (AvgIpc) is 3.63. The van der Waals surface area contributed by atoms with Crippen molar-refractivity contribution >= 4 is 38.4 Å². The van der Waals surface area contributed by atoms with Gasteiger partial charge < -0.3 is 15.2 Å². The minimum atomic E-state index is -4.13. The Hall–Kier alpha value is -4.36. The maximum atomic E-state index is 14.7. The Morgan fingerprint density at radius 2 is 1.91 bits per heavy atom. The normalized spacial score (nSPS) is 22.9. The van der Waals surface area contributed by atoms with Gasteiger partial charge in [0.05, 0.1) is 29.3 Å². The first-order valence-corrected chi connectivity index (χ1v) is 16.9. The highest BCUT2D eigenvalue weighted by atomic mass is 32.2. The molecule has 0 saturated heterocycles. The van der Waals surface area contributed by atoms with Crippen molar-refractivity contribution in [2.75, 3.05) is 12.4 Å². The van der Waals surface area contributed by atoms with Crippen LogP contribution in [-0.2, 0) is 26.2 Å². The first-order chi connectivity index (χ1) is 22.1. The van der Waals surface area contributed by atoms with Crippen LogP contribution in [0, 0.1) is 30.0 Å². The number of anilines is 1. The molecule has 13 heteroatoms. The van der Waals surface area contributed by atoms with Crippen LogP contribution in [-0.4, -0.2) is 56.2 Å². The van der Waals surface area contributed by atoms with Gasteiger partial charge in [0, 0.05) is 30.3 Å². The van der Waals surface area contributed by atoms with E-state index in [4.69, 9.17) is 14.8 Å². The minimum Gasteiger partial charge on any atom is -0.481 e. The highest BCUT2D eigenvalue weighted by Gasteiger charge is 2.55. The first-order valence-electron chi connectivity index (χ1n) is 15.4. The zero-order valence-corrected chi connectivity index (χ0v) is 26.6. The number of halogens is 1. The Bertz CT molecular complexity index is 2080. The number of fused-ring (bicyclic) bond motifs is 5. The largest absolute Gasteiger partial charge is 0.481 e. The van der Waals surface area contributed by atoms with E-state index in [-0.39, 0.29) is 51.3 Å². The summed E-state index contributed by atoms with van der Waals surface area (Å²) in [7, 11) is -2.56. The lowest BCUT2D eigenvalue weighted by Gasteiger charge is -2.55. The maximum Gasteiger partial charge on any atom is 0.309 e. The third-order valence-corrected chi connectivity index (χ3v) is 11.8. The number of hydrogen-bond acceptors (Lipinski definition) is 8. The third kappa shape index (κ3) is 4.75. The number of carboxylic acid groups (broad SMARTS) is 1. The van der Waals surface area contributed by atoms with Gasteiger partial charge in [-0.05, 0) is 80.7 Å². The van der Waals surface area contributed by atoms with Gasteiger partial charge in [0.2, 0.25) is 0 Å². The number of ether oxygens (including phenoxy) is 1. The van der Waals surface area contributed by atoms with Crippen molar-refractivity contribution in [2.45, 2.75) is 63.5 Å². The molecule has 46 heavy (non-hydrogen) atoms. The molecule has 3 aliphatic carbocycles. The first kappa shape index (κ1) is 30.3. The second-order valence-electron chi connectivity index (χ2n) is 12.6. The van der Waals surface area contributed by atoms with Gasteiger partial charge in [0.15, 0.2) is 17.3 Å². The molecule has 3 aliphatic rings. The lowest BCUT2D eigenvalue weighted by Crippen LogP contribution is -2.57. The van der Waals surface area contributed by atoms with Gasteiger partial charge in [-0.1, -0.05) is 24.6 Å². The number of hydrogen-bond donors (Lipinski definition) is 2. The molecule has 3 fully saturated rings. The number of nitrogens with one attached hydrogen (secondary N) is 1. The summed E-state index contributed by atoms with van der Waals surface area (Å²) in [5, 5.41) is 19.0. The maximum absolute atomic E-state index is 14.7. The van der Waals surface area contributed by atoms with E-state index in [0.717, 1.165) is 47.8 Å². The fourth-order valence-electron chi connectivity index (χ4n) is 7.65. The molecule has 3 saturated carbocycles. The summed E-state index contributed by atoms with van der Waals surface area (Å²) >= 11 is 0. The van der Waals surface area contributed by atoms with Crippen LogP contribution in [0.4, 0.5) is 10.2 Å². The molecular weight excluding hydrogens is 611 g/mol. The van der Waals surface area contributed by atoms with Gasteiger partial charge >= 0.3 is 5.97 Å². The Morgan fingerprint density at radius 3 is 2.59 bits per heavy atom. The smallest absolute Gasteiger partial charge is 0.309 e. The second-order valence-corrected chi connectivity index (χ2v) is 14.4. The Kier molecular flexibility index (Phi) is 7.35. The molecular formula is C33H35FN6O5S. The quantitative estimate of drug-likeness (QED) is 0.208. The predicted molar refractivity (Wildman–Crippen MR) is 169 cm³/mol. The third-order valence-electron chi connectivity index (χ3n) is 10.1. The molecule has 0 amide bonds. The van der Waals surface area contributed by atoms with Crippen LogP contribution in [0.1, 0.15) is 50.3 Å². The second kappa shape index (κ2) is 11.2. The molecule has 8 rings (SSSR count). The van der Waals surface area contributed by atoms with Gasteiger partial charge in [-0.25, -0.2) is 31.3 Å². The molecule has 0 radical (unpaired) electrons. The number of aliphatic carboxylic acids is 1. The lowest BCUT2D eigenvalue weighted by molar-refractivity contribution is -0.155. The van der Waals surface area contributed by atoms with Crippen LogP contribution >= 0.6 is 0 Å². The van der Waals surface area contributed by atoms with E-state index in [1.807, 2.05) is 19.1 Å². The number of pyridine rings is 1. The van der Waals surface area contributed by atoms with E-state index in [0.29, 0.717) is 17.0 Å². The van der Waals surface area contributed by atoms with E-state index >= 15 is 0 Å². The molecule has 0 spiro atoms. The lowest BCUT2D eigenvalue weighted by atomic mass is 9.52. The van der Waals surface area contributed by atoms with Crippen LogP contribution < -0.4 is 5.32 Å². The number of carboxylic acids is 1. The van der Waals surface area contributed by atoms with Crippen molar-refractivity contribution in [3.63, 3.8) is 0 Å². The molecule has 11 nitrogen and oxygen atoms in total. The molecule has 4 aromatic heterocycles. The fourth-order valence-corrected chi connectivity index (χ4v) is 8.98. The summed E-state index contributed by atoms with van der Waals surface area (Å²) in [5.41, 5.74) is 2.21. The predicted octanol–water partition coefficient (Wildman–Crippen LogP) is 5.66. The van der Waals surface area contributed by atoms with Crippen LogP contribution in [0.15, 0.2) is 59.8 Å². The van der Waals surface area contributed by atoms with Crippen molar-refractivity contribution in [2.24, 2.45) is 17.3 Å². The highest BCUT2D eigenvalue weighted by molar-refractivity contribution is 7.90. The zero-order chi connectivity index (χ0) is 32.4. The molecule has 240 valence electrons. The molecule has 2 N–H and O–H groups in total. The summed E-state index contributed by atoms with van der Waals surface area (Å²) in [6, 6.07) is 11.0. The van der Waals surface area contributed by atoms with E-state index in [1.54, 1.807) is 23.8 Å². The number of rotatable bonds is 9. The van der Waals surface area contributed by atoms with Gasteiger partial charge in [-0.3, -0.25) is 4.79 Å². The number of nitrogens with zero attached hydrogens (tertiary/aromatic N) is 5. The SMILES string of the molecule is CCC12CCC(CC1)[C@H](Nc1nc(-c3cn(S(=O)(=O)c4ccc(C)cc4)c4ncc(F)cc34)nn3c(COC)ccc13)[C@H]2C(=O)O. The molecule has 2 bridgehead atoms. The summed E-state index contributed by atoms with van der Waals surface area (Å²) in [6.45, 7) is 4.16. The zero-order valence-electron chi connectivity index (χ0n) is 25.8. The molecule has 0 unspecified atom stereocenters. The summed E-state index contributed by atoms with van der Waals surface area (Å²) in [6.07, 6.45) is 6.72. The highest BCUT2D eigenvalue weighted by Crippen LogP contribution is 2.56.